The summed E-state index contributed by atoms with van der Waals surface area (Å²) in [5, 5.41) is 1.40. The normalized spacial score (nSPS) is 16.6. The highest BCUT2D eigenvalue weighted by atomic mass is 15.0. The summed E-state index contributed by atoms with van der Waals surface area (Å²) >= 11 is 0. The molecule has 0 amide bonds. The Labute approximate surface area is 90.4 Å². The summed E-state index contributed by atoms with van der Waals surface area (Å²) in [6, 6.07) is 11.7. The Bertz CT molecular complexity index is 498. The monoisotopic (exact) mass is 198 g/mol. The molecule has 3 rings (SSSR count). The average molecular weight is 198 g/mol. The zero-order valence-electron chi connectivity index (χ0n) is 9.11. The van der Waals surface area contributed by atoms with Crippen molar-refractivity contribution in [3.05, 3.63) is 42.1 Å². The van der Waals surface area contributed by atoms with Crippen molar-refractivity contribution in [3.63, 3.8) is 0 Å². The highest BCUT2D eigenvalue weighted by Gasteiger charge is 2.28. The minimum Gasteiger partial charge on any atom is -0.196 e. The Morgan fingerprint density at radius 3 is 2.67 bits per heavy atom. The van der Waals surface area contributed by atoms with Gasteiger partial charge < -0.3 is 0 Å². The number of rotatable bonds is 1. The lowest BCUT2D eigenvalue weighted by atomic mass is 9.92. The van der Waals surface area contributed by atoms with Crippen LogP contribution in [0.25, 0.3) is 10.9 Å². The molecule has 0 bridgehead atoms. The lowest BCUT2D eigenvalue weighted by molar-refractivity contribution is -0.709. The maximum Gasteiger partial charge on any atom is 0.212 e. The van der Waals surface area contributed by atoms with Gasteiger partial charge in [0.15, 0.2) is 12.2 Å². The molecule has 1 nitrogen and oxygen atoms in total. The Kier molecular flexibility index (Phi) is 1.98. The van der Waals surface area contributed by atoms with Crippen molar-refractivity contribution < 1.29 is 4.57 Å². The number of benzene rings is 1. The van der Waals surface area contributed by atoms with Crippen LogP contribution in [0.4, 0.5) is 0 Å². The summed E-state index contributed by atoms with van der Waals surface area (Å²) in [6.45, 7) is 2.19. The fraction of sp³-hybridized carbons (Fsp3) is 0.357. The second-order valence-electron chi connectivity index (χ2n) is 4.51. The third kappa shape index (κ3) is 1.34. The summed E-state index contributed by atoms with van der Waals surface area (Å²) in [7, 11) is 0. The molecular weight excluding hydrogens is 182 g/mol. The van der Waals surface area contributed by atoms with Crippen molar-refractivity contribution in [3.8, 4) is 0 Å². The first kappa shape index (κ1) is 8.90. The van der Waals surface area contributed by atoms with Crippen LogP contribution in [0.3, 0.4) is 0 Å². The summed E-state index contributed by atoms with van der Waals surface area (Å²) in [6.07, 6.45) is 6.33. The second kappa shape index (κ2) is 3.34. The van der Waals surface area contributed by atoms with E-state index in [0.717, 1.165) is 6.04 Å². The number of para-hydroxylation sites is 1. The van der Waals surface area contributed by atoms with Crippen LogP contribution in [0.1, 0.15) is 30.9 Å². The van der Waals surface area contributed by atoms with E-state index in [9.17, 15) is 0 Å². The fourth-order valence-corrected chi connectivity index (χ4v) is 2.38. The minimum absolute atomic E-state index is 0.746. The largest absolute Gasteiger partial charge is 0.212 e. The molecule has 0 saturated heterocycles. The maximum absolute atomic E-state index is 2.45. The van der Waals surface area contributed by atoms with E-state index in [1.165, 1.54) is 35.7 Å². The molecule has 1 aromatic heterocycles. The molecule has 0 N–H and O–H groups in total. The third-order valence-electron chi connectivity index (χ3n) is 3.56. The molecule has 1 aliphatic rings. The van der Waals surface area contributed by atoms with E-state index in [2.05, 4.69) is 48.0 Å². The smallest absolute Gasteiger partial charge is 0.196 e. The molecule has 1 aromatic carbocycles. The van der Waals surface area contributed by atoms with Gasteiger partial charge in [0.05, 0.1) is 0 Å². The van der Waals surface area contributed by atoms with Gasteiger partial charge in [0.1, 0.15) is 0 Å². The van der Waals surface area contributed by atoms with Gasteiger partial charge >= 0.3 is 0 Å². The van der Waals surface area contributed by atoms with E-state index in [0.29, 0.717) is 0 Å². The van der Waals surface area contributed by atoms with Crippen molar-refractivity contribution in [1.82, 2.24) is 0 Å². The highest BCUT2D eigenvalue weighted by molar-refractivity contribution is 5.78. The van der Waals surface area contributed by atoms with Crippen LogP contribution in [-0.4, -0.2) is 0 Å². The van der Waals surface area contributed by atoms with Crippen molar-refractivity contribution >= 4 is 10.9 Å². The Hall–Kier alpha value is -1.37. The topological polar surface area (TPSA) is 3.88 Å². The zero-order chi connectivity index (χ0) is 10.3. The van der Waals surface area contributed by atoms with Crippen molar-refractivity contribution in [1.29, 1.82) is 0 Å². The molecule has 1 fully saturated rings. The molecule has 2 aromatic rings. The molecular formula is C14H16N+. The molecule has 1 aliphatic carbocycles. The van der Waals surface area contributed by atoms with Crippen LogP contribution in [0.2, 0.25) is 0 Å². The summed E-state index contributed by atoms with van der Waals surface area (Å²) < 4.78 is 2.45. The molecule has 1 heterocycles. The fourth-order valence-electron chi connectivity index (χ4n) is 2.38. The molecule has 0 radical (unpaired) electrons. The quantitative estimate of drug-likeness (QED) is 0.620. The van der Waals surface area contributed by atoms with E-state index in [4.69, 9.17) is 0 Å². The first-order valence-corrected chi connectivity index (χ1v) is 5.76. The number of fused-ring (bicyclic) bond motifs is 1. The van der Waals surface area contributed by atoms with Crippen LogP contribution >= 0.6 is 0 Å². The van der Waals surface area contributed by atoms with Gasteiger partial charge in [0, 0.05) is 30.4 Å². The minimum atomic E-state index is 0.746. The second-order valence-corrected chi connectivity index (χ2v) is 4.51. The van der Waals surface area contributed by atoms with Gasteiger partial charge in [0.2, 0.25) is 5.52 Å². The van der Waals surface area contributed by atoms with E-state index < -0.39 is 0 Å². The van der Waals surface area contributed by atoms with E-state index in [-0.39, 0.29) is 0 Å². The van der Waals surface area contributed by atoms with Gasteiger partial charge in [-0.1, -0.05) is 12.1 Å². The highest BCUT2D eigenvalue weighted by Crippen LogP contribution is 2.28. The van der Waals surface area contributed by atoms with Crippen LogP contribution < -0.4 is 4.57 Å². The first-order valence-electron chi connectivity index (χ1n) is 5.76. The molecule has 15 heavy (non-hydrogen) atoms. The Morgan fingerprint density at radius 2 is 1.93 bits per heavy atom. The van der Waals surface area contributed by atoms with Crippen LogP contribution in [0.15, 0.2) is 36.5 Å². The molecule has 1 heteroatoms. The Balaban J connectivity index is 2.25. The number of pyridine rings is 1. The molecule has 0 spiro atoms. The third-order valence-corrected chi connectivity index (χ3v) is 3.56. The predicted molar refractivity (Wildman–Crippen MR) is 61.8 cm³/mol. The van der Waals surface area contributed by atoms with E-state index >= 15 is 0 Å². The van der Waals surface area contributed by atoms with Gasteiger partial charge in [-0.25, -0.2) is 0 Å². The Morgan fingerprint density at radius 1 is 1.13 bits per heavy atom. The summed E-state index contributed by atoms with van der Waals surface area (Å²) in [5.41, 5.74) is 2.77. The molecule has 0 unspecified atom stereocenters. The zero-order valence-corrected chi connectivity index (χ0v) is 9.11. The number of hydrogen-bond donors (Lipinski definition) is 0. The van der Waals surface area contributed by atoms with Crippen LogP contribution in [-0.2, 0) is 0 Å². The standard InChI is InChI=1S/C14H16N/c1-11-9-10-15(12-5-4-6-12)14-8-3-2-7-13(11)14/h2-3,7-10,12H,4-6H2,1H3/q+1. The molecule has 0 atom stereocenters. The van der Waals surface area contributed by atoms with Crippen molar-refractivity contribution in [2.75, 3.05) is 0 Å². The van der Waals surface area contributed by atoms with Crippen molar-refractivity contribution in [2.24, 2.45) is 0 Å². The SMILES string of the molecule is Cc1cc[n+](C2CCC2)c2ccccc12. The van der Waals surface area contributed by atoms with Gasteiger partial charge in [0.25, 0.3) is 0 Å². The number of aromatic nitrogens is 1. The lowest BCUT2D eigenvalue weighted by Gasteiger charge is -2.21. The van der Waals surface area contributed by atoms with Gasteiger partial charge in [-0.15, -0.1) is 0 Å². The van der Waals surface area contributed by atoms with Gasteiger partial charge in [-0.2, -0.15) is 4.57 Å². The summed E-state index contributed by atoms with van der Waals surface area (Å²) in [5.74, 6) is 0. The summed E-state index contributed by atoms with van der Waals surface area (Å²) in [4.78, 5) is 0. The van der Waals surface area contributed by atoms with Gasteiger partial charge in [-0.05, 0) is 25.0 Å². The number of hydrogen-bond acceptors (Lipinski definition) is 0. The lowest BCUT2D eigenvalue weighted by Crippen LogP contribution is -2.43. The van der Waals surface area contributed by atoms with Gasteiger partial charge in [-0.3, -0.25) is 0 Å². The van der Waals surface area contributed by atoms with Crippen LogP contribution in [0, 0.1) is 6.92 Å². The van der Waals surface area contributed by atoms with E-state index in [1.54, 1.807) is 0 Å². The predicted octanol–water partition coefficient (Wildman–Crippen LogP) is 3.16. The van der Waals surface area contributed by atoms with Crippen molar-refractivity contribution in [2.45, 2.75) is 32.2 Å². The first-order chi connectivity index (χ1) is 7.36. The number of aryl methyl sites for hydroxylation is 1. The number of nitrogens with zero attached hydrogens (tertiary/aromatic N) is 1. The maximum atomic E-state index is 2.45. The molecule has 1 saturated carbocycles. The van der Waals surface area contributed by atoms with Crippen LogP contribution in [0.5, 0.6) is 0 Å². The average Bonchev–Trinajstić information content (AvgIpc) is 2.20. The molecule has 0 aliphatic heterocycles. The van der Waals surface area contributed by atoms with E-state index in [1.807, 2.05) is 0 Å². The molecule has 76 valence electrons.